The number of carboxylic acid groups (broad SMARTS) is 1. The summed E-state index contributed by atoms with van der Waals surface area (Å²) in [5, 5.41) is 25.7. The molecule has 2 aliphatic rings. The van der Waals surface area contributed by atoms with Crippen molar-refractivity contribution >= 4 is 17.9 Å². The van der Waals surface area contributed by atoms with Gasteiger partial charge in [-0.25, -0.2) is 4.79 Å². The number of benzene rings is 1. The third-order valence-corrected chi connectivity index (χ3v) is 5.86. The summed E-state index contributed by atoms with van der Waals surface area (Å²) in [4.78, 5) is 62.7. The van der Waals surface area contributed by atoms with Crippen LogP contribution in [0, 0.1) is 20.2 Å². The van der Waals surface area contributed by atoms with Crippen LogP contribution >= 0.6 is 0 Å². The smallest absolute Gasteiger partial charge is 0.475 e. The van der Waals surface area contributed by atoms with Crippen molar-refractivity contribution in [1.82, 2.24) is 0 Å². The van der Waals surface area contributed by atoms with Gasteiger partial charge in [0.25, 0.3) is 10.2 Å². The first kappa shape index (κ1) is 34.9. The number of carboxylic acids is 1. The van der Waals surface area contributed by atoms with E-state index in [0.717, 1.165) is 5.56 Å². The molecule has 0 bridgehead atoms. The van der Waals surface area contributed by atoms with E-state index in [9.17, 15) is 43.0 Å². The van der Waals surface area contributed by atoms with Crippen LogP contribution < -0.4 is 5.73 Å². The Morgan fingerprint density at radius 2 is 1.58 bits per heavy atom. The minimum absolute atomic E-state index is 0.0366. The topological polar surface area (TPSA) is 239 Å². The highest BCUT2D eigenvalue weighted by atomic mass is 19.4. The van der Waals surface area contributed by atoms with Gasteiger partial charge in [0.05, 0.1) is 13.2 Å². The summed E-state index contributed by atoms with van der Waals surface area (Å²) in [6, 6.07) is 8.41. The Kier molecular flexibility index (Phi) is 13.3. The highest BCUT2D eigenvalue weighted by Crippen LogP contribution is 2.31. The molecule has 20 heteroatoms. The van der Waals surface area contributed by atoms with Gasteiger partial charge in [-0.15, -0.1) is 20.2 Å². The second-order valence-electron chi connectivity index (χ2n) is 9.06. The number of halogens is 3. The van der Waals surface area contributed by atoms with E-state index >= 15 is 0 Å². The molecule has 0 saturated carbocycles. The van der Waals surface area contributed by atoms with Crippen molar-refractivity contribution in [3.05, 3.63) is 56.1 Å². The number of fused-ring (bicyclic) bond motifs is 1. The highest BCUT2D eigenvalue weighted by molar-refractivity contribution is 5.76. The first-order valence-corrected chi connectivity index (χ1v) is 12.5. The maximum atomic E-state index is 12.4. The summed E-state index contributed by atoms with van der Waals surface area (Å²) in [5.41, 5.74) is 6.87. The molecule has 0 amide bonds. The van der Waals surface area contributed by atoms with Gasteiger partial charge in [0.15, 0.2) is 12.2 Å². The van der Waals surface area contributed by atoms with E-state index in [4.69, 9.17) is 34.6 Å². The molecular weight excluding hydrogens is 599 g/mol. The first-order valence-electron chi connectivity index (χ1n) is 12.5. The van der Waals surface area contributed by atoms with Crippen molar-refractivity contribution in [2.45, 2.75) is 68.4 Å². The number of carbonyl (C=O) groups excluding carboxylic acids is 2. The largest absolute Gasteiger partial charge is 0.490 e. The van der Waals surface area contributed by atoms with Gasteiger partial charge < -0.3 is 39.5 Å². The second kappa shape index (κ2) is 16.4. The fourth-order valence-electron chi connectivity index (χ4n) is 3.95. The van der Waals surface area contributed by atoms with Crippen molar-refractivity contribution in [3.8, 4) is 0 Å². The molecule has 240 valence electrons. The Bertz CT molecular complexity index is 1110. The Balaban J connectivity index is 0.000000821. The molecule has 0 spiro atoms. The second-order valence-corrected chi connectivity index (χ2v) is 9.06. The lowest BCUT2D eigenvalue weighted by atomic mass is 10.1. The molecule has 0 aliphatic carbocycles. The predicted molar refractivity (Wildman–Crippen MR) is 130 cm³/mol. The van der Waals surface area contributed by atoms with E-state index in [2.05, 4.69) is 9.68 Å². The molecule has 43 heavy (non-hydrogen) atoms. The molecule has 2 aliphatic heterocycles. The number of aliphatic carboxylic acids is 1. The number of hydrogen-bond acceptors (Lipinski definition) is 14. The zero-order chi connectivity index (χ0) is 32.2. The van der Waals surface area contributed by atoms with E-state index in [1.165, 1.54) is 0 Å². The molecule has 2 saturated heterocycles. The summed E-state index contributed by atoms with van der Waals surface area (Å²) in [7, 11) is 0. The van der Waals surface area contributed by atoms with Gasteiger partial charge in [0, 0.05) is 6.42 Å². The number of nitrogens with two attached hydrogens (primary N) is 1. The van der Waals surface area contributed by atoms with Crippen molar-refractivity contribution in [1.29, 1.82) is 0 Å². The van der Waals surface area contributed by atoms with Crippen LogP contribution in [-0.4, -0.2) is 95.7 Å². The number of hydrogen-bond donors (Lipinski definition) is 2. The molecule has 2 heterocycles. The van der Waals surface area contributed by atoms with Crippen molar-refractivity contribution in [2.24, 2.45) is 5.73 Å². The SMILES string of the molecule is NC(Cc1ccccc1)C(=O)O[C@@H]1CO[C@H]2[C@@H]1OC[C@H]2OC(=O)CCCC(CO[N+](=O)[O-])O[N+](=O)[O-].O=C(O)C(F)(F)F. The number of alkyl halides is 3. The molecular formula is C23H28F3N3O14. The molecule has 0 aromatic heterocycles. The van der Waals surface area contributed by atoms with Crippen LogP contribution in [0.25, 0.3) is 0 Å². The van der Waals surface area contributed by atoms with Gasteiger partial charge in [-0.05, 0) is 24.8 Å². The maximum Gasteiger partial charge on any atom is 0.490 e. The number of nitrogens with zero attached hydrogens (tertiary/aromatic N) is 2. The lowest BCUT2D eigenvalue weighted by Crippen LogP contribution is -2.41. The standard InChI is InChI=1S/C21H27N3O12.C2HF3O2/c22-15(9-13-5-2-1-3-6-13)21(26)35-17-12-32-19-16(11-31-20(17)19)34-18(25)8-4-7-14(36-24(29)30)10-33-23(27)28;3-2(4,5)1(6)7/h1-3,5-6,14-17,19-20H,4,7-12,22H2;(H,6,7)/t14?,15?,16-,17-,19-,20-;/m1./s1. The molecule has 2 unspecified atom stereocenters. The Labute approximate surface area is 240 Å². The molecule has 3 N–H and O–H groups in total. The Morgan fingerprint density at radius 1 is 1.02 bits per heavy atom. The Hall–Kier alpha value is -4.30. The monoisotopic (exact) mass is 627 g/mol. The third-order valence-electron chi connectivity index (χ3n) is 5.86. The van der Waals surface area contributed by atoms with E-state index in [1.54, 1.807) is 0 Å². The minimum Gasteiger partial charge on any atom is -0.475 e. The third kappa shape index (κ3) is 12.2. The lowest BCUT2D eigenvalue weighted by Gasteiger charge is -2.19. The molecule has 1 aromatic carbocycles. The number of rotatable bonds is 14. The fourth-order valence-corrected chi connectivity index (χ4v) is 3.95. The van der Waals surface area contributed by atoms with Crippen LogP contribution in [0.1, 0.15) is 24.8 Å². The van der Waals surface area contributed by atoms with Gasteiger partial charge >= 0.3 is 24.1 Å². The minimum atomic E-state index is -5.08. The van der Waals surface area contributed by atoms with Gasteiger partial charge in [-0.3, -0.25) is 9.59 Å². The Morgan fingerprint density at radius 3 is 2.09 bits per heavy atom. The summed E-state index contributed by atoms with van der Waals surface area (Å²) in [6.45, 7) is -0.551. The highest BCUT2D eigenvalue weighted by Gasteiger charge is 2.51. The van der Waals surface area contributed by atoms with E-state index in [-0.39, 0.29) is 32.5 Å². The average molecular weight is 627 g/mol. The van der Waals surface area contributed by atoms with Crippen LogP contribution in [0.3, 0.4) is 0 Å². The molecule has 6 atom stereocenters. The van der Waals surface area contributed by atoms with Crippen LogP contribution in [0.5, 0.6) is 0 Å². The summed E-state index contributed by atoms with van der Waals surface area (Å²) < 4.78 is 53.9. The van der Waals surface area contributed by atoms with Gasteiger partial charge in [-0.1, -0.05) is 30.3 Å². The average Bonchev–Trinajstić information content (AvgIpc) is 3.50. The normalized spacial score (nSPS) is 22.1. The molecule has 0 radical (unpaired) electrons. The van der Waals surface area contributed by atoms with Crippen LogP contribution in [0.15, 0.2) is 30.3 Å². The number of carbonyl (C=O) groups is 3. The quantitative estimate of drug-likeness (QED) is 0.164. The van der Waals surface area contributed by atoms with E-state index in [1.807, 2.05) is 30.3 Å². The van der Waals surface area contributed by atoms with Crippen LogP contribution in [-0.2, 0) is 49.4 Å². The number of ether oxygens (including phenoxy) is 4. The van der Waals surface area contributed by atoms with E-state index in [0.29, 0.717) is 6.42 Å². The molecule has 17 nitrogen and oxygen atoms in total. The van der Waals surface area contributed by atoms with Gasteiger partial charge in [-0.2, -0.15) is 13.2 Å². The van der Waals surface area contributed by atoms with Crippen LogP contribution in [0.2, 0.25) is 0 Å². The van der Waals surface area contributed by atoms with Crippen LogP contribution in [0.4, 0.5) is 13.2 Å². The zero-order valence-electron chi connectivity index (χ0n) is 22.2. The molecule has 3 rings (SSSR count). The van der Waals surface area contributed by atoms with Gasteiger partial charge in [0.2, 0.25) is 0 Å². The zero-order valence-corrected chi connectivity index (χ0v) is 22.2. The predicted octanol–water partition coefficient (Wildman–Crippen LogP) is 0.766. The summed E-state index contributed by atoms with van der Waals surface area (Å²) in [6.07, 6.45) is -8.73. The maximum absolute atomic E-state index is 12.4. The van der Waals surface area contributed by atoms with Crippen molar-refractivity contribution in [2.75, 3.05) is 19.8 Å². The first-order chi connectivity index (χ1) is 20.2. The summed E-state index contributed by atoms with van der Waals surface area (Å²) in [5.74, 6) is -3.97. The van der Waals surface area contributed by atoms with E-state index < -0.39 is 77.4 Å². The number of esters is 2. The van der Waals surface area contributed by atoms with Crippen molar-refractivity contribution in [3.63, 3.8) is 0 Å². The fraction of sp³-hybridized carbons (Fsp3) is 0.609. The lowest BCUT2D eigenvalue weighted by molar-refractivity contribution is -0.790. The molecule has 2 fully saturated rings. The molecule has 1 aromatic rings. The van der Waals surface area contributed by atoms with Gasteiger partial charge in [0.1, 0.15) is 31.0 Å². The van der Waals surface area contributed by atoms with Crippen molar-refractivity contribution < 1.29 is 71.5 Å². The summed E-state index contributed by atoms with van der Waals surface area (Å²) >= 11 is 0.